The second-order valence-corrected chi connectivity index (χ2v) is 4.39. The lowest BCUT2D eigenvalue weighted by Gasteiger charge is -2.43. The van der Waals surface area contributed by atoms with Gasteiger partial charge >= 0.3 is 5.97 Å². The number of rotatable bonds is 1. The highest BCUT2D eigenvalue weighted by Gasteiger charge is 2.34. The molecule has 0 amide bonds. The first kappa shape index (κ1) is 12.8. The molecule has 2 aliphatic heterocycles. The molecule has 0 aromatic carbocycles. The Morgan fingerprint density at radius 3 is 2.67 bits per heavy atom. The van der Waals surface area contributed by atoms with Crippen molar-refractivity contribution in [1.82, 2.24) is 4.90 Å². The number of halogens is 1. The molecule has 4 heteroatoms. The number of piperidine rings is 2. The summed E-state index contributed by atoms with van der Waals surface area (Å²) < 4.78 is 5.38. The third-order valence-corrected chi connectivity index (χ3v) is 3.34. The molecular formula is C11H20ClNO2. The predicted octanol–water partition coefficient (Wildman–Crippen LogP) is 1.99. The highest BCUT2D eigenvalue weighted by atomic mass is 35.5. The maximum Gasteiger partial charge on any atom is 0.302 e. The van der Waals surface area contributed by atoms with Crippen molar-refractivity contribution < 1.29 is 9.53 Å². The second kappa shape index (κ2) is 5.71. The van der Waals surface area contributed by atoms with Crippen molar-refractivity contribution in [3.63, 3.8) is 0 Å². The number of nitrogens with zero attached hydrogens (tertiary/aromatic N) is 1. The van der Waals surface area contributed by atoms with Crippen molar-refractivity contribution in [3.05, 3.63) is 0 Å². The summed E-state index contributed by atoms with van der Waals surface area (Å²) in [6, 6.07) is 0.515. The molecule has 0 unspecified atom stereocenters. The molecule has 2 fully saturated rings. The summed E-state index contributed by atoms with van der Waals surface area (Å²) in [6.45, 7) is 3.91. The zero-order valence-corrected chi connectivity index (χ0v) is 10.1. The molecule has 0 saturated carbocycles. The molecule has 0 aromatic rings. The van der Waals surface area contributed by atoms with Crippen LogP contribution in [0.3, 0.4) is 0 Å². The third kappa shape index (κ3) is 3.08. The van der Waals surface area contributed by atoms with Gasteiger partial charge in [0, 0.05) is 13.0 Å². The van der Waals surface area contributed by atoms with E-state index in [9.17, 15) is 4.79 Å². The van der Waals surface area contributed by atoms with E-state index < -0.39 is 0 Å². The lowest BCUT2D eigenvalue weighted by molar-refractivity contribution is -0.153. The van der Waals surface area contributed by atoms with Gasteiger partial charge in [-0.1, -0.05) is 6.42 Å². The molecule has 15 heavy (non-hydrogen) atoms. The summed E-state index contributed by atoms with van der Waals surface area (Å²) in [5.74, 6) is -0.123. The van der Waals surface area contributed by atoms with Crippen LogP contribution in [-0.4, -0.2) is 36.1 Å². The summed E-state index contributed by atoms with van der Waals surface area (Å²) in [4.78, 5) is 13.4. The Bertz CT molecular complexity index is 221. The largest absolute Gasteiger partial charge is 0.461 e. The van der Waals surface area contributed by atoms with Crippen LogP contribution >= 0.6 is 12.4 Å². The van der Waals surface area contributed by atoms with Crippen molar-refractivity contribution in [3.8, 4) is 0 Å². The minimum atomic E-state index is -0.123. The van der Waals surface area contributed by atoms with Crippen molar-refractivity contribution in [2.24, 2.45) is 0 Å². The standard InChI is InChI=1S/C11H19NO2.ClH/c1-9(13)14-11-6-4-8-12-7-3-2-5-10(11)12;/h10-11H,2-8H2,1H3;1H/t10-,11-;/m1./s1. The highest BCUT2D eigenvalue weighted by molar-refractivity contribution is 5.85. The molecular weight excluding hydrogens is 214 g/mol. The van der Waals surface area contributed by atoms with Gasteiger partial charge in [0.25, 0.3) is 0 Å². The van der Waals surface area contributed by atoms with Gasteiger partial charge in [0.2, 0.25) is 0 Å². The Kier molecular flexibility index (Phi) is 4.87. The fourth-order valence-electron chi connectivity index (χ4n) is 2.75. The van der Waals surface area contributed by atoms with Crippen molar-refractivity contribution in [2.75, 3.05) is 13.1 Å². The first-order valence-corrected chi connectivity index (χ1v) is 5.68. The zero-order valence-electron chi connectivity index (χ0n) is 9.28. The molecule has 2 saturated heterocycles. The van der Waals surface area contributed by atoms with E-state index in [-0.39, 0.29) is 24.5 Å². The lowest BCUT2D eigenvalue weighted by Crippen LogP contribution is -2.51. The van der Waals surface area contributed by atoms with Crippen molar-refractivity contribution in [1.29, 1.82) is 0 Å². The third-order valence-electron chi connectivity index (χ3n) is 3.34. The Balaban J connectivity index is 0.00000112. The number of hydrogen-bond acceptors (Lipinski definition) is 3. The van der Waals surface area contributed by atoms with Crippen LogP contribution in [-0.2, 0) is 9.53 Å². The molecule has 88 valence electrons. The summed E-state index contributed by atoms with van der Waals surface area (Å²) >= 11 is 0. The fourth-order valence-corrected chi connectivity index (χ4v) is 2.75. The van der Waals surface area contributed by atoms with Crippen LogP contribution in [0.4, 0.5) is 0 Å². The predicted molar refractivity (Wildman–Crippen MR) is 61.2 cm³/mol. The van der Waals surface area contributed by atoms with E-state index in [0.29, 0.717) is 6.04 Å². The Labute approximate surface area is 97.6 Å². The fraction of sp³-hybridized carbons (Fsp3) is 0.909. The van der Waals surface area contributed by atoms with E-state index in [1.165, 1.54) is 45.7 Å². The quantitative estimate of drug-likeness (QED) is 0.649. The summed E-state index contributed by atoms with van der Waals surface area (Å²) in [7, 11) is 0. The Morgan fingerprint density at radius 2 is 1.93 bits per heavy atom. The van der Waals surface area contributed by atoms with Crippen LogP contribution in [0, 0.1) is 0 Å². The number of fused-ring (bicyclic) bond motifs is 1. The molecule has 0 aliphatic carbocycles. The molecule has 2 heterocycles. The molecule has 2 atom stereocenters. The van der Waals surface area contributed by atoms with Crippen LogP contribution in [0.2, 0.25) is 0 Å². The van der Waals surface area contributed by atoms with E-state index >= 15 is 0 Å². The molecule has 0 spiro atoms. The Morgan fingerprint density at radius 1 is 1.20 bits per heavy atom. The normalized spacial score (nSPS) is 31.3. The molecule has 0 N–H and O–H groups in total. The lowest BCUT2D eigenvalue weighted by atomic mass is 9.91. The average Bonchev–Trinajstić information content (AvgIpc) is 2.18. The van der Waals surface area contributed by atoms with Crippen LogP contribution in [0.1, 0.15) is 39.0 Å². The van der Waals surface area contributed by atoms with Gasteiger partial charge in [-0.2, -0.15) is 0 Å². The van der Waals surface area contributed by atoms with E-state index in [2.05, 4.69) is 4.90 Å². The van der Waals surface area contributed by atoms with Gasteiger partial charge < -0.3 is 4.74 Å². The van der Waals surface area contributed by atoms with Crippen molar-refractivity contribution in [2.45, 2.75) is 51.2 Å². The first-order valence-electron chi connectivity index (χ1n) is 5.68. The molecule has 2 rings (SSSR count). The highest BCUT2D eigenvalue weighted by Crippen LogP contribution is 2.28. The monoisotopic (exact) mass is 233 g/mol. The van der Waals surface area contributed by atoms with Gasteiger partial charge in [-0.25, -0.2) is 0 Å². The molecule has 0 radical (unpaired) electrons. The summed E-state index contributed by atoms with van der Waals surface area (Å²) in [5, 5.41) is 0. The van der Waals surface area contributed by atoms with E-state index in [1.807, 2.05) is 0 Å². The maximum absolute atomic E-state index is 10.9. The van der Waals surface area contributed by atoms with Gasteiger partial charge in [-0.05, 0) is 38.8 Å². The minimum absolute atomic E-state index is 0. The molecule has 2 aliphatic rings. The van der Waals surface area contributed by atoms with Gasteiger partial charge in [-0.3, -0.25) is 9.69 Å². The van der Waals surface area contributed by atoms with Crippen LogP contribution in [0.15, 0.2) is 0 Å². The van der Waals surface area contributed by atoms with Crippen molar-refractivity contribution >= 4 is 18.4 Å². The zero-order chi connectivity index (χ0) is 9.97. The molecule has 0 aromatic heterocycles. The average molecular weight is 234 g/mol. The Hall–Kier alpha value is -0.280. The van der Waals surface area contributed by atoms with Gasteiger partial charge in [0.05, 0.1) is 0 Å². The number of carbonyl (C=O) groups excluding carboxylic acids is 1. The smallest absolute Gasteiger partial charge is 0.302 e. The van der Waals surface area contributed by atoms with Gasteiger partial charge in [-0.15, -0.1) is 12.4 Å². The summed E-state index contributed by atoms with van der Waals surface area (Å²) in [6.07, 6.45) is 6.21. The first-order chi connectivity index (χ1) is 6.77. The summed E-state index contributed by atoms with van der Waals surface area (Å²) in [5.41, 5.74) is 0. The number of esters is 1. The molecule has 3 nitrogen and oxygen atoms in total. The van der Waals surface area contributed by atoms with Crippen LogP contribution in [0.25, 0.3) is 0 Å². The number of carbonyl (C=O) groups is 1. The minimum Gasteiger partial charge on any atom is -0.461 e. The van der Waals surface area contributed by atoms with Crippen LogP contribution < -0.4 is 0 Å². The number of hydrogen-bond donors (Lipinski definition) is 0. The SMILES string of the molecule is CC(=O)O[C@@H]1CCCN2CCCC[C@H]12.Cl. The van der Waals surface area contributed by atoms with Gasteiger partial charge in [0.15, 0.2) is 0 Å². The van der Waals surface area contributed by atoms with E-state index in [0.717, 1.165) is 6.42 Å². The topological polar surface area (TPSA) is 29.5 Å². The van der Waals surface area contributed by atoms with E-state index in [1.54, 1.807) is 0 Å². The maximum atomic E-state index is 10.9. The number of ether oxygens (including phenoxy) is 1. The second-order valence-electron chi connectivity index (χ2n) is 4.39. The van der Waals surface area contributed by atoms with E-state index in [4.69, 9.17) is 4.74 Å². The molecule has 0 bridgehead atoms. The van der Waals surface area contributed by atoms with Gasteiger partial charge in [0.1, 0.15) is 6.10 Å². The van der Waals surface area contributed by atoms with Crippen LogP contribution in [0.5, 0.6) is 0 Å².